The predicted octanol–water partition coefficient (Wildman–Crippen LogP) is 2.79. The van der Waals surface area contributed by atoms with Crippen molar-refractivity contribution in [3.63, 3.8) is 0 Å². The number of anilines is 1. The Morgan fingerprint density at radius 2 is 2.00 bits per heavy atom. The maximum absolute atomic E-state index is 13.8. The van der Waals surface area contributed by atoms with Crippen molar-refractivity contribution < 1.29 is 32.9 Å². The SMILES string of the molecule is CCCOC(=O)C(C)(C)NP(=O)(CO[C@H](C)Cn1cnc2c(N)ncnc21)OCC(=O)OC1CCCC1. The van der Waals surface area contributed by atoms with E-state index in [1.807, 2.05) is 6.92 Å². The fourth-order valence-electron chi connectivity index (χ4n) is 3.92. The number of imidazole rings is 1. The molecule has 2 atom stereocenters. The lowest BCUT2D eigenvalue weighted by Crippen LogP contribution is -2.47. The minimum atomic E-state index is -3.87. The molecule has 1 aliphatic rings. The summed E-state index contributed by atoms with van der Waals surface area (Å²) in [5.41, 5.74) is 5.49. The highest BCUT2D eigenvalue weighted by Gasteiger charge is 2.39. The zero-order chi connectivity index (χ0) is 27.1. The van der Waals surface area contributed by atoms with Crippen LogP contribution in [0.1, 0.15) is 59.8 Å². The minimum Gasteiger partial charge on any atom is -0.464 e. The summed E-state index contributed by atoms with van der Waals surface area (Å²) in [5, 5.41) is 2.75. The van der Waals surface area contributed by atoms with E-state index >= 15 is 0 Å². The van der Waals surface area contributed by atoms with Crippen LogP contribution in [-0.4, -0.2) is 68.8 Å². The highest BCUT2D eigenvalue weighted by molar-refractivity contribution is 7.56. The molecule has 2 heterocycles. The molecule has 13 nitrogen and oxygen atoms in total. The Bertz CT molecular complexity index is 1120. The van der Waals surface area contributed by atoms with E-state index in [0.717, 1.165) is 25.7 Å². The van der Waals surface area contributed by atoms with Crippen LogP contribution < -0.4 is 10.8 Å². The first-order chi connectivity index (χ1) is 17.5. The lowest BCUT2D eigenvalue weighted by molar-refractivity contribution is -0.151. The van der Waals surface area contributed by atoms with Gasteiger partial charge < -0.3 is 29.0 Å². The quantitative estimate of drug-likeness (QED) is 0.266. The normalized spacial score (nSPS) is 17.0. The number of hydrogen-bond donors (Lipinski definition) is 2. The highest BCUT2D eigenvalue weighted by atomic mass is 31.2. The molecule has 0 bridgehead atoms. The number of nitrogens with one attached hydrogen (secondary N) is 1. The third-order valence-corrected chi connectivity index (χ3v) is 7.74. The molecule has 37 heavy (non-hydrogen) atoms. The predicted molar refractivity (Wildman–Crippen MR) is 136 cm³/mol. The van der Waals surface area contributed by atoms with E-state index in [9.17, 15) is 14.2 Å². The maximum Gasteiger partial charge on any atom is 0.332 e. The molecule has 0 saturated heterocycles. The van der Waals surface area contributed by atoms with Gasteiger partial charge in [-0.1, -0.05) is 6.92 Å². The van der Waals surface area contributed by atoms with Gasteiger partial charge in [-0.15, -0.1) is 0 Å². The second-order valence-corrected chi connectivity index (χ2v) is 11.7. The number of nitrogens with two attached hydrogens (primary N) is 1. The molecule has 14 heteroatoms. The molecule has 1 unspecified atom stereocenters. The molecule has 3 rings (SSSR count). The first kappa shape index (κ1) is 29.0. The maximum atomic E-state index is 13.8. The van der Waals surface area contributed by atoms with Gasteiger partial charge in [0.2, 0.25) is 0 Å². The number of hydrogen-bond acceptors (Lipinski definition) is 11. The number of aromatic nitrogens is 4. The van der Waals surface area contributed by atoms with Crippen molar-refractivity contribution in [3.8, 4) is 0 Å². The molecule has 0 spiro atoms. The summed E-state index contributed by atoms with van der Waals surface area (Å²) >= 11 is 0. The monoisotopic (exact) mass is 540 g/mol. The molecule has 2 aromatic rings. The zero-order valence-electron chi connectivity index (χ0n) is 21.8. The molecule has 1 aliphatic carbocycles. The number of carbonyl (C=O) groups excluding carboxylic acids is 2. The van der Waals surface area contributed by atoms with Gasteiger partial charge in [0.25, 0.3) is 7.52 Å². The first-order valence-corrected chi connectivity index (χ1v) is 14.3. The van der Waals surface area contributed by atoms with Crippen molar-refractivity contribution in [3.05, 3.63) is 12.7 Å². The molecule has 1 fully saturated rings. The van der Waals surface area contributed by atoms with Gasteiger partial charge >= 0.3 is 11.9 Å². The van der Waals surface area contributed by atoms with E-state index < -0.39 is 44.1 Å². The lowest BCUT2D eigenvalue weighted by Gasteiger charge is -2.30. The fraction of sp³-hybridized carbons (Fsp3) is 0.696. The van der Waals surface area contributed by atoms with Crippen LogP contribution in [0, 0.1) is 0 Å². The Morgan fingerprint density at radius 3 is 2.70 bits per heavy atom. The Balaban J connectivity index is 1.66. The number of fused-ring (bicyclic) bond motifs is 1. The molecular formula is C23H37N6O7P. The summed E-state index contributed by atoms with van der Waals surface area (Å²) in [5.74, 6) is -0.946. The Kier molecular flexibility index (Phi) is 10.00. The number of carbonyl (C=O) groups is 2. The molecule has 0 radical (unpaired) electrons. The summed E-state index contributed by atoms with van der Waals surface area (Å²) in [6.45, 7) is 6.71. The van der Waals surface area contributed by atoms with E-state index in [4.69, 9.17) is 24.5 Å². The highest BCUT2D eigenvalue weighted by Crippen LogP contribution is 2.45. The third-order valence-electron chi connectivity index (χ3n) is 5.80. The van der Waals surface area contributed by atoms with Crippen LogP contribution in [-0.2, 0) is 39.4 Å². The van der Waals surface area contributed by atoms with Gasteiger partial charge in [-0.3, -0.25) is 9.36 Å². The van der Waals surface area contributed by atoms with Crippen molar-refractivity contribution in [2.24, 2.45) is 0 Å². The van der Waals surface area contributed by atoms with Gasteiger partial charge in [0.05, 0.1) is 25.6 Å². The van der Waals surface area contributed by atoms with Crippen molar-refractivity contribution in [2.45, 2.75) is 84.1 Å². The van der Waals surface area contributed by atoms with Crippen molar-refractivity contribution in [1.82, 2.24) is 24.6 Å². The lowest BCUT2D eigenvalue weighted by atomic mass is 10.1. The van der Waals surface area contributed by atoms with Crippen molar-refractivity contribution in [1.29, 1.82) is 0 Å². The molecule has 0 aliphatic heterocycles. The van der Waals surface area contributed by atoms with Crippen molar-refractivity contribution in [2.75, 3.05) is 25.3 Å². The molecule has 0 amide bonds. The van der Waals surface area contributed by atoms with Gasteiger partial charge in [-0.05, 0) is 52.9 Å². The van der Waals surface area contributed by atoms with Crippen LogP contribution in [0.5, 0.6) is 0 Å². The molecular weight excluding hydrogens is 503 g/mol. The third kappa shape index (κ3) is 8.19. The molecule has 3 N–H and O–H groups in total. The van der Waals surface area contributed by atoms with Crippen LogP contribution in [0.25, 0.3) is 11.2 Å². The summed E-state index contributed by atoms with van der Waals surface area (Å²) in [4.78, 5) is 37.2. The Hall–Kier alpha value is -2.60. The zero-order valence-corrected chi connectivity index (χ0v) is 22.7. The van der Waals surface area contributed by atoms with Gasteiger partial charge in [-0.2, -0.15) is 0 Å². The van der Waals surface area contributed by atoms with Gasteiger partial charge in [-0.25, -0.2) is 24.8 Å². The van der Waals surface area contributed by atoms with Crippen LogP contribution in [0.2, 0.25) is 0 Å². The topological polar surface area (TPSA) is 170 Å². The van der Waals surface area contributed by atoms with E-state index in [0.29, 0.717) is 24.1 Å². The standard InChI is InChI=1S/C23H37N6O7P/c1-5-10-33-22(31)23(3,4)28-37(32,35-12-18(30)36-17-8-6-7-9-17)15-34-16(2)11-29-14-27-19-20(24)25-13-26-21(19)29/h13-14,16-17H,5-12,15H2,1-4H3,(H,28,32)(H2,24,25,26)/t16-,37?/m1/s1. The van der Waals surface area contributed by atoms with Crippen LogP contribution in [0.15, 0.2) is 12.7 Å². The van der Waals surface area contributed by atoms with Gasteiger partial charge in [0, 0.05) is 0 Å². The van der Waals surface area contributed by atoms with Gasteiger partial charge in [0.1, 0.15) is 29.8 Å². The largest absolute Gasteiger partial charge is 0.464 e. The summed E-state index contributed by atoms with van der Waals surface area (Å²) in [7, 11) is -3.87. The second kappa shape index (κ2) is 12.8. The van der Waals surface area contributed by atoms with Crippen LogP contribution >= 0.6 is 7.52 Å². The first-order valence-electron chi connectivity index (χ1n) is 12.5. The number of rotatable bonds is 14. The number of esters is 2. The number of nitrogens with zero attached hydrogens (tertiary/aromatic N) is 4. The number of ether oxygens (including phenoxy) is 3. The minimum absolute atomic E-state index is 0.150. The molecule has 2 aromatic heterocycles. The summed E-state index contributed by atoms with van der Waals surface area (Å²) < 4.78 is 37.5. The van der Waals surface area contributed by atoms with E-state index in [1.165, 1.54) is 20.2 Å². The summed E-state index contributed by atoms with van der Waals surface area (Å²) in [6.07, 6.45) is 6.15. The van der Waals surface area contributed by atoms with Gasteiger partial charge in [0.15, 0.2) is 18.1 Å². The Morgan fingerprint density at radius 1 is 1.27 bits per heavy atom. The summed E-state index contributed by atoms with van der Waals surface area (Å²) in [6, 6.07) is 0. The average molecular weight is 541 g/mol. The smallest absolute Gasteiger partial charge is 0.332 e. The fourth-order valence-corrected chi connectivity index (χ4v) is 5.83. The number of nitrogen functional groups attached to an aromatic ring is 1. The van der Waals surface area contributed by atoms with E-state index in [-0.39, 0.29) is 18.5 Å². The van der Waals surface area contributed by atoms with Crippen LogP contribution in [0.4, 0.5) is 5.82 Å². The molecule has 0 aromatic carbocycles. The van der Waals surface area contributed by atoms with Crippen LogP contribution in [0.3, 0.4) is 0 Å². The van der Waals surface area contributed by atoms with E-state index in [2.05, 4.69) is 20.0 Å². The Labute approximate surface area is 216 Å². The molecule has 1 saturated carbocycles. The second-order valence-electron chi connectivity index (χ2n) is 9.65. The molecule has 206 valence electrons. The van der Waals surface area contributed by atoms with Crippen molar-refractivity contribution >= 4 is 36.4 Å². The van der Waals surface area contributed by atoms with E-state index in [1.54, 1.807) is 17.8 Å². The average Bonchev–Trinajstić information content (AvgIpc) is 3.51.